The molecule has 90 valence electrons. The zero-order valence-corrected chi connectivity index (χ0v) is 11.1. The molecule has 18 heavy (non-hydrogen) atoms. The van der Waals surface area contributed by atoms with Gasteiger partial charge < -0.3 is 4.98 Å². The minimum Gasteiger partial charge on any atom is -0.353 e. The Kier molecular flexibility index (Phi) is 2.56. The lowest BCUT2D eigenvalue weighted by Gasteiger charge is -1.93. The van der Waals surface area contributed by atoms with E-state index in [1.165, 1.54) is 4.88 Å². The summed E-state index contributed by atoms with van der Waals surface area (Å²) in [4.78, 5) is 17.1. The number of aromatic amines is 1. The highest BCUT2D eigenvalue weighted by atomic mass is 32.1. The molecule has 0 amide bonds. The zero-order valence-electron chi connectivity index (χ0n) is 10.3. The number of aldehydes is 1. The molecular formula is C15H13NOS. The van der Waals surface area contributed by atoms with Crippen LogP contribution < -0.4 is 0 Å². The first kappa shape index (κ1) is 11.2. The van der Waals surface area contributed by atoms with Gasteiger partial charge in [-0.1, -0.05) is 18.2 Å². The predicted molar refractivity (Wildman–Crippen MR) is 76.5 cm³/mol. The summed E-state index contributed by atoms with van der Waals surface area (Å²) in [6, 6.07) is 10.2. The first-order chi connectivity index (χ1) is 8.70. The number of para-hydroxylation sites is 1. The van der Waals surface area contributed by atoms with Crippen molar-refractivity contribution in [3.63, 3.8) is 0 Å². The topological polar surface area (TPSA) is 32.9 Å². The van der Waals surface area contributed by atoms with Crippen molar-refractivity contribution in [3.05, 3.63) is 46.3 Å². The van der Waals surface area contributed by atoms with Crippen LogP contribution in [0.4, 0.5) is 0 Å². The van der Waals surface area contributed by atoms with Gasteiger partial charge in [0.15, 0.2) is 6.29 Å². The molecule has 1 N–H and O–H groups in total. The van der Waals surface area contributed by atoms with Crippen LogP contribution in [0.5, 0.6) is 0 Å². The van der Waals surface area contributed by atoms with Crippen LogP contribution in [0.1, 0.15) is 20.8 Å². The van der Waals surface area contributed by atoms with E-state index in [-0.39, 0.29) is 0 Å². The Hall–Kier alpha value is -1.87. The van der Waals surface area contributed by atoms with Crippen molar-refractivity contribution in [2.24, 2.45) is 0 Å². The molecule has 3 heteroatoms. The minimum absolute atomic E-state index is 0.760. The van der Waals surface area contributed by atoms with Crippen LogP contribution in [0, 0.1) is 13.8 Å². The molecule has 0 saturated heterocycles. The average molecular weight is 255 g/mol. The van der Waals surface area contributed by atoms with Crippen molar-refractivity contribution < 1.29 is 4.79 Å². The second kappa shape index (κ2) is 4.10. The fraction of sp³-hybridized carbons (Fsp3) is 0.133. The third kappa shape index (κ3) is 1.59. The number of thiophene rings is 1. The largest absolute Gasteiger partial charge is 0.353 e. The first-order valence-electron chi connectivity index (χ1n) is 5.84. The van der Waals surface area contributed by atoms with Crippen molar-refractivity contribution in [2.45, 2.75) is 13.8 Å². The van der Waals surface area contributed by atoms with Gasteiger partial charge in [0, 0.05) is 21.3 Å². The summed E-state index contributed by atoms with van der Waals surface area (Å²) in [5.41, 5.74) is 3.92. The first-order valence-corrected chi connectivity index (χ1v) is 6.65. The van der Waals surface area contributed by atoms with E-state index in [9.17, 15) is 4.79 Å². The molecule has 0 aliphatic heterocycles. The van der Waals surface area contributed by atoms with E-state index < -0.39 is 0 Å². The number of hydrogen-bond donors (Lipinski definition) is 1. The third-order valence-electron chi connectivity index (χ3n) is 3.19. The van der Waals surface area contributed by atoms with Gasteiger partial charge >= 0.3 is 0 Å². The highest BCUT2D eigenvalue weighted by Gasteiger charge is 2.14. The lowest BCUT2D eigenvalue weighted by Crippen LogP contribution is -1.80. The Labute approximate surface area is 109 Å². The number of hydrogen-bond acceptors (Lipinski definition) is 2. The molecule has 0 fully saturated rings. The molecule has 0 saturated carbocycles. The van der Waals surface area contributed by atoms with Gasteiger partial charge in [0.2, 0.25) is 0 Å². The van der Waals surface area contributed by atoms with Gasteiger partial charge in [0.05, 0.1) is 10.6 Å². The predicted octanol–water partition coefficient (Wildman–Crippen LogP) is 4.33. The van der Waals surface area contributed by atoms with E-state index in [0.29, 0.717) is 0 Å². The zero-order chi connectivity index (χ0) is 12.7. The molecule has 2 heterocycles. The summed E-state index contributed by atoms with van der Waals surface area (Å²) < 4.78 is 0. The van der Waals surface area contributed by atoms with Gasteiger partial charge in [-0.25, -0.2) is 0 Å². The monoisotopic (exact) mass is 255 g/mol. The fourth-order valence-electron chi connectivity index (χ4n) is 2.27. The number of aromatic nitrogens is 1. The maximum absolute atomic E-state index is 11.4. The van der Waals surface area contributed by atoms with Gasteiger partial charge in [0.1, 0.15) is 0 Å². The quantitative estimate of drug-likeness (QED) is 0.679. The smallest absolute Gasteiger partial charge is 0.152 e. The number of benzene rings is 1. The van der Waals surface area contributed by atoms with Crippen LogP contribution in [0.3, 0.4) is 0 Å². The van der Waals surface area contributed by atoms with Crippen molar-refractivity contribution in [2.75, 3.05) is 0 Å². The molecule has 2 nitrogen and oxygen atoms in total. The average Bonchev–Trinajstić information content (AvgIpc) is 2.93. The van der Waals surface area contributed by atoms with Gasteiger partial charge in [-0.3, -0.25) is 4.79 Å². The second-order valence-electron chi connectivity index (χ2n) is 4.44. The van der Waals surface area contributed by atoms with Crippen LogP contribution in [0.2, 0.25) is 0 Å². The summed E-state index contributed by atoms with van der Waals surface area (Å²) in [6.45, 7) is 4.12. The van der Waals surface area contributed by atoms with Gasteiger partial charge in [-0.15, -0.1) is 11.3 Å². The standard InChI is InChI=1S/C15H13NOS/c1-9-4-3-5-11-12(8-17)15(16-14(9)11)13-7-6-10(2)18-13/h3-8,16H,1-2H3. The third-order valence-corrected chi connectivity index (χ3v) is 4.21. The van der Waals surface area contributed by atoms with Crippen LogP contribution in [-0.4, -0.2) is 11.3 Å². The molecule has 0 atom stereocenters. The SMILES string of the molecule is Cc1ccc(-c2[nH]c3c(C)cccc3c2C=O)s1. The molecule has 2 aromatic heterocycles. The summed E-state index contributed by atoms with van der Waals surface area (Å²) in [5, 5.41) is 1.01. The lowest BCUT2D eigenvalue weighted by atomic mass is 10.1. The lowest BCUT2D eigenvalue weighted by molar-refractivity contribution is 0.112. The van der Waals surface area contributed by atoms with Crippen LogP contribution in [-0.2, 0) is 0 Å². The Morgan fingerprint density at radius 1 is 1.17 bits per heavy atom. The van der Waals surface area contributed by atoms with E-state index in [2.05, 4.69) is 37.0 Å². The van der Waals surface area contributed by atoms with E-state index in [4.69, 9.17) is 0 Å². The summed E-state index contributed by atoms with van der Waals surface area (Å²) in [6.07, 6.45) is 0.947. The molecule has 0 aliphatic carbocycles. The maximum Gasteiger partial charge on any atom is 0.152 e. The van der Waals surface area contributed by atoms with Gasteiger partial charge in [-0.2, -0.15) is 0 Å². The van der Waals surface area contributed by atoms with E-state index >= 15 is 0 Å². The Morgan fingerprint density at radius 2 is 2.00 bits per heavy atom. The molecule has 0 spiro atoms. The van der Waals surface area contributed by atoms with E-state index in [0.717, 1.165) is 38.9 Å². The van der Waals surface area contributed by atoms with Crippen LogP contribution in [0.15, 0.2) is 30.3 Å². The van der Waals surface area contributed by atoms with Crippen molar-refractivity contribution in [1.82, 2.24) is 4.98 Å². The number of rotatable bonds is 2. The summed E-state index contributed by atoms with van der Waals surface area (Å²) >= 11 is 1.70. The van der Waals surface area contributed by atoms with Crippen LogP contribution in [0.25, 0.3) is 21.5 Å². The van der Waals surface area contributed by atoms with Crippen molar-refractivity contribution in [3.8, 4) is 10.6 Å². The number of carbonyl (C=O) groups excluding carboxylic acids is 1. The second-order valence-corrected chi connectivity index (χ2v) is 5.73. The Bertz CT molecular complexity index is 736. The summed E-state index contributed by atoms with van der Waals surface area (Å²) in [5.74, 6) is 0. The van der Waals surface area contributed by atoms with E-state index in [1.54, 1.807) is 11.3 Å². The summed E-state index contributed by atoms with van der Waals surface area (Å²) in [7, 11) is 0. The number of nitrogens with one attached hydrogen (secondary N) is 1. The number of aryl methyl sites for hydroxylation is 2. The molecule has 3 aromatic rings. The minimum atomic E-state index is 0.760. The van der Waals surface area contributed by atoms with Gasteiger partial charge in [0.25, 0.3) is 0 Å². The number of fused-ring (bicyclic) bond motifs is 1. The molecule has 0 radical (unpaired) electrons. The van der Waals surface area contributed by atoms with Crippen molar-refractivity contribution >= 4 is 28.5 Å². The highest BCUT2D eigenvalue weighted by Crippen LogP contribution is 2.34. The fourth-order valence-corrected chi connectivity index (χ4v) is 3.15. The normalized spacial score (nSPS) is 11.0. The molecule has 0 bridgehead atoms. The molecular weight excluding hydrogens is 242 g/mol. The van der Waals surface area contributed by atoms with E-state index in [1.807, 2.05) is 12.1 Å². The Morgan fingerprint density at radius 3 is 2.67 bits per heavy atom. The maximum atomic E-state index is 11.4. The number of carbonyl (C=O) groups is 1. The number of H-pyrrole nitrogens is 1. The molecule has 0 aliphatic rings. The van der Waals surface area contributed by atoms with Crippen LogP contribution >= 0.6 is 11.3 Å². The molecule has 3 rings (SSSR count). The van der Waals surface area contributed by atoms with Crippen molar-refractivity contribution in [1.29, 1.82) is 0 Å². The Balaban J connectivity index is 2.36. The molecule has 0 unspecified atom stereocenters. The molecule has 1 aromatic carbocycles. The highest BCUT2D eigenvalue weighted by molar-refractivity contribution is 7.15. The van der Waals surface area contributed by atoms with Gasteiger partial charge in [-0.05, 0) is 31.5 Å².